The number of Topliss-reactive ketones (excluding diaryl/α,β-unsaturated/α-hetero) is 1. The zero-order chi connectivity index (χ0) is 13.3. The Labute approximate surface area is 106 Å². The number of hydrogen-bond acceptors (Lipinski definition) is 3. The van der Waals surface area contributed by atoms with E-state index in [0.717, 1.165) is 28.1 Å². The van der Waals surface area contributed by atoms with Crippen LogP contribution in [-0.4, -0.2) is 22.9 Å². The van der Waals surface area contributed by atoms with Crippen molar-refractivity contribution in [1.29, 1.82) is 0 Å². The van der Waals surface area contributed by atoms with Gasteiger partial charge in [0.05, 0.1) is 19.0 Å². The van der Waals surface area contributed by atoms with Gasteiger partial charge in [0.15, 0.2) is 11.6 Å². The van der Waals surface area contributed by atoms with E-state index in [0.29, 0.717) is 5.82 Å². The number of aromatic nitrogens is 2. The summed E-state index contributed by atoms with van der Waals surface area (Å²) in [5, 5.41) is 0. The largest absolute Gasteiger partial charge is 0.496 e. The summed E-state index contributed by atoms with van der Waals surface area (Å²) in [6.07, 6.45) is 1.69. The normalized spacial score (nSPS) is 10.4. The van der Waals surface area contributed by atoms with Gasteiger partial charge in [0.2, 0.25) is 0 Å². The fraction of sp³-hybridized carbons (Fsp3) is 0.286. The van der Waals surface area contributed by atoms with Gasteiger partial charge in [-0.15, -0.1) is 0 Å². The maximum atomic E-state index is 11.2. The van der Waals surface area contributed by atoms with Gasteiger partial charge in [-0.05, 0) is 37.1 Å². The summed E-state index contributed by atoms with van der Waals surface area (Å²) in [6, 6.07) is 3.89. The van der Waals surface area contributed by atoms with Crippen molar-refractivity contribution in [3.63, 3.8) is 0 Å². The molecule has 1 aromatic heterocycles. The summed E-state index contributed by atoms with van der Waals surface area (Å²) in [5.41, 5.74) is 4.10. The summed E-state index contributed by atoms with van der Waals surface area (Å²) in [5.74, 6) is 1.18. The maximum Gasteiger partial charge on any atom is 0.194 e. The van der Waals surface area contributed by atoms with Crippen LogP contribution < -0.4 is 4.74 Å². The highest BCUT2D eigenvalue weighted by atomic mass is 16.5. The van der Waals surface area contributed by atoms with E-state index < -0.39 is 0 Å². The standard InChI is InChI=1S/C14H16N2O2/c1-8-9(2)13(18-4)6-5-11(8)12-7-15-14(16-12)10(3)17/h5-7H,1-4H3,(H,15,16). The SMILES string of the molecule is COc1ccc(-c2cnc(C(C)=O)[nH]2)c(C)c1C. The number of nitrogens with one attached hydrogen (secondary N) is 1. The average molecular weight is 244 g/mol. The number of imidazole rings is 1. The van der Waals surface area contributed by atoms with Gasteiger partial charge in [0, 0.05) is 12.5 Å². The molecule has 0 radical (unpaired) electrons. The molecule has 4 heteroatoms. The number of methoxy groups -OCH3 is 1. The van der Waals surface area contributed by atoms with E-state index in [-0.39, 0.29) is 5.78 Å². The van der Waals surface area contributed by atoms with Crippen molar-refractivity contribution >= 4 is 5.78 Å². The van der Waals surface area contributed by atoms with Crippen molar-refractivity contribution in [2.24, 2.45) is 0 Å². The predicted octanol–water partition coefficient (Wildman–Crippen LogP) is 2.90. The molecule has 0 bridgehead atoms. The third kappa shape index (κ3) is 2.01. The van der Waals surface area contributed by atoms with Gasteiger partial charge < -0.3 is 9.72 Å². The lowest BCUT2D eigenvalue weighted by atomic mass is 10.0. The van der Waals surface area contributed by atoms with E-state index in [1.54, 1.807) is 13.3 Å². The molecule has 1 heterocycles. The molecule has 0 aliphatic rings. The molecule has 0 aliphatic heterocycles. The Balaban J connectivity index is 2.50. The van der Waals surface area contributed by atoms with E-state index in [4.69, 9.17) is 4.74 Å². The van der Waals surface area contributed by atoms with Crippen LogP contribution >= 0.6 is 0 Å². The van der Waals surface area contributed by atoms with Gasteiger partial charge in [0.1, 0.15) is 5.75 Å². The van der Waals surface area contributed by atoms with E-state index in [9.17, 15) is 4.79 Å². The Hall–Kier alpha value is -2.10. The molecule has 0 unspecified atom stereocenters. The van der Waals surface area contributed by atoms with Crippen molar-refractivity contribution in [2.75, 3.05) is 7.11 Å². The van der Waals surface area contributed by atoms with Gasteiger partial charge in [-0.3, -0.25) is 4.79 Å². The molecule has 0 saturated heterocycles. The first-order valence-electron chi connectivity index (χ1n) is 5.75. The van der Waals surface area contributed by atoms with Crippen molar-refractivity contribution in [1.82, 2.24) is 9.97 Å². The van der Waals surface area contributed by atoms with Crippen LogP contribution in [0.2, 0.25) is 0 Å². The number of carbonyl (C=O) groups excluding carboxylic acids is 1. The van der Waals surface area contributed by atoms with Crippen molar-refractivity contribution < 1.29 is 9.53 Å². The minimum absolute atomic E-state index is 0.0656. The zero-order valence-corrected chi connectivity index (χ0v) is 11.0. The monoisotopic (exact) mass is 244 g/mol. The molecule has 4 nitrogen and oxygen atoms in total. The van der Waals surface area contributed by atoms with Gasteiger partial charge in [-0.25, -0.2) is 4.98 Å². The highest BCUT2D eigenvalue weighted by Crippen LogP contribution is 2.29. The Morgan fingerprint density at radius 2 is 2.00 bits per heavy atom. The summed E-state index contributed by atoms with van der Waals surface area (Å²) in [7, 11) is 1.66. The molecule has 0 saturated carbocycles. The summed E-state index contributed by atoms with van der Waals surface area (Å²) < 4.78 is 5.28. The Bertz CT molecular complexity index is 600. The Morgan fingerprint density at radius 3 is 2.56 bits per heavy atom. The topological polar surface area (TPSA) is 55.0 Å². The molecule has 2 rings (SSSR count). The molecular formula is C14H16N2O2. The second-order valence-electron chi connectivity index (χ2n) is 4.27. The number of hydrogen-bond donors (Lipinski definition) is 1. The number of aromatic amines is 1. The van der Waals surface area contributed by atoms with Crippen LogP contribution in [0, 0.1) is 13.8 Å². The molecule has 0 aliphatic carbocycles. The van der Waals surface area contributed by atoms with Crippen LogP contribution in [0.4, 0.5) is 0 Å². The zero-order valence-electron chi connectivity index (χ0n) is 11.0. The molecule has 0 fully saturated rings. The molecule has 1 aromatic carbocycles. The number of rotatable bonds is 3. The van der Waals surface area contributed by atoms with Gasteiger partial charge in [-0.2, -0.15) is 0 Å². The third-order valence-corrected chi connectivity index (χ3v) is 3.16. The van der Waals surface area contributed by atoms with Crippen LogP contribution in [0.1, 0.15) is 28.7 Å². The van der Waals surface area contributed by atoms with Crippen LogP contribution in [0.15, 0.2) is 18.3 Å². The number of ether oxygens (including phenoxy) is 1. The molecule has 94 valence electrons. The molecule has 1 N–H and O–H groups in total. The quantitative estimate of drug-likeness (QED) is 0.844. The van der Waals surface area contributed by atoms with Gasteiger partial charge in [-0.1, -0.05) is 0 Å². The summed E-state index contributed by atoms with van der Waals surface area (Å²) >= 11 is 0. The van der Waals surface area contributed by atoms with Gasteiger partial charge >= 0.3 is 0 Å². The Morgan fingerprint density at radius 1 is 1.28 bits per heavy atom. The molecule has 2 aromatic rings. The Kier molecular flexibility index (Phi) is 3.19. The first kappa shape index (κ1) is 12.4. The smallest absolute Gasteiger partial charge is 0.194 e. The van der Waals surface area contributed by atoms with Crippen LogP contribution in [0.25, 0.3) is 11.3 Å². The highest BCUT2D eigenvalue weighted by molar-refractivity contribution is 5.91. The van der Waals surface area contributed by atoms with E-state index >= 15 is 0 Å². The predicted molar refractivity (Wildman–Crippen MR) is 70.1 cm³/mol. The summed E-state index contributed by atoms with van der Waals surface area (Å²) in [4.78, 5) is 18.3. The van der Waals surface area contributed by atoms with Gasteiger partial charge in [0.25, 0.3) is 0 Å². The van der Waals surface area contributed by atoms with E-state index in [2.05, 4.69) is 9.97 Å². The number of benzene rings is 1. The summed E-state index contributed by atoms with van der Waals surface area (Å²) in [6.45, 7) is 5.54. The van der Waals surface area contributed by atoms with E-state index in [1.807, 2.05) is 26.0 Å². The lowest BCUT2D eigenvalue weighted by molar-refractivity contribution is 0.100. The minimum Gasteiger partial charge on any atom is -0.496 e. The first-order valence-corrected chi connectivity index (χ1v) is 5.75. The fourth-order valence-electron chi connectivity index (χ4n) is 1.95. The molecule has 0 atom stereocenters. The van der Waals surface area contributed by atoms with Crippen LogP contribution in [0.5, 0.6) is 5.75 Å². The van der Waals surface area contributed by atoms with Crippen molar-refractivity contribution in [2.45, 2.75) is 20.8 Å². The minimum atomic E-state index is -0.0656. The number of carbonyl (C=O) groups is 1. The third-order valence-electron chi connectivity index (χ3n) is 3.16. The number of H-pyrrole nitrogens is 1. The molecule has 0 spiro atoms. The average Bonchev–Trinajstić information content (AvgIpc) is 2.82. The maximum absolute atomic E-state index is 11.2. The lowest BCUT2D eigenvalue weighted by Crippen LogP contribution is -1.95. The molecular weight excluding hydrogens is 228 g/mol. The fourth-order valence-corrected chi connectivity index (χ4v) is 1.95. The second-order valence-corrected chi connectivity index (χ2v) is 4.27. The van der Waals surface area contributed by atoms with Crippen molar-refractivity contribution in [3.05, 3.63) is 35.3 Å². The highest BCUT2D eigenvalue weighted by Gasteiger charge is 2.11. The lowest BCUT2D eigenvalue weighted by Gasteiger charge is -2.11. The van der Waals surface area contributed by atoms with Crippen molar-refractivity contribution in [3.8, 4) is 17.0 Å². The van der Waals surface area contributed by atoms with Crippen LogP contribution in [-0.2, 0) is 0 Å². The molecule has 18 heavy (non-hydrogen) atoms. The first-order chi connectivity index (χ1) is 8.54. The molecule has 0 amide bonds. The van der Waals surface area contributed by atoms with Crippen LogP contribution in [0.3, 0.4) is 0 Å². The number of nitrogens with zero attached hydrogens (tertiary/aromatic N) is 1. The van der Waals surface area contributed by atoms with E-state index in [1.165, 1.54) is 6.92 Å². The number of ketones is 1. The second kappa shape index (κ2) is 4.64.